The first-order valence-electron chi connectivity index (χ1n) is 8.89. The monoisotopic (exact) mass is 296 g/mol. The summed E-state index contributed by atoms with van der Waals surface area (Å²) in [7, 11) is 0. The maximum atomic E-state index is 4.10. The Hall–Kier alpha value is 0.270. The molecule has 116 valence electrons. The van der Waals surface area contributed by atoms with Gasteiger partial charge in [-0.05, 0) is 63.7 Å². The van der Waals surface area contributed by atoms with Gasteiger partial charge in [0.1, 0.15) is 0 Å². The normalized spacial score (nSPS) is 42.8. The molecule has 2 aliphatic carbocycles. The Labute approximate surface area is 129 Å². The standard InChI is InChI=1S/C17H32N2S/c1-20-14-7-4-6-13(12-14)19-17-9-3-2-8-15(17)16-10-5-11-18-16/h13-19H,2-12H2,1H3. The zero-order valence-electron chi connectivity index (χ0n) is 13.1. The molecular formula is C17H32N2S. The van der Waals surface area contributed by atoms with Crippen molar-refractivity contribution in [2.75, 3.05) is 12.8 Å². The molecule has 1 saturated heterocycles. The van der Waals surface area contributed by atoms with Crippen molar-refractivity contribution in [2.24, 2.45) is 5.92 Å². The second kappa shape index (κ2) is 7.51. The molecule has 3 rings (SSSR count). The van der Waals surface area contributed by atoms with Crippen molar-refractivity contribution in [1.82, 2.24) is 10.6 Å². The molecule has 0 bridgehead atoms. The quantitative estimate of drug-likeness (QED) is 0.829. The molecule has 0 aromatic rings. The van der Waals surface area contributed by atoms with E-state index in [0.717, 1.165) is 29.3 Å². The fourth-order valence-corrected chi connectivity index (χ4v) is 5.57. The molecule has 5 atom stereocenters. The van der Waals surface area contributed by atoms with Crippen molar-refractivity contribution in [1.29, 1.82) is 0 Å². The zero-order chi connectivity index (χ0) is 13.8. The van der Waals surface area contributed by atoms with E-state index in [4.69, 9.17) is 0 Å². The van der Waals surface area contributed by atoms with Gasteiger partial charge in [0.2, 0.25) is 0 Å². The topological polar surface area (TPSA) is 24.1 Å². The summed E-state index contributed by atoms with van der Waals surface area (Å²) in [4.78, 5) is 0. The van der Waals surface area contributed by atoms with Crippen LogP contribution in [0.3, 0.4) is 0 Å². The summed E-state index contributed by atoms with van der Waals surface area (Å²) in [6.07, 6.45) is 16.6. The van der Waals surface area contributed by atoms with Crippen molar-refractivity contribution in [3.63, 3.8) is 0 Å². The molecule has 3 heteroatoms. The Balaban J connectivity index is 1.55. The maximum absolute atomic E-state index is 4.10. The summed E-state index contributed by atoms with van der Waals surface area (Å²) in [5, 5.41) is 8.78. The molecule has 5 unspecified atom stereocenters. The molecule has 20 heavy (non-hydrogen) atoms. The predicted octanol–water partition coefficient (Wildman–Crippen LogP) is 3.56. The Morgan fingerprint density at radius 3 is 2.65 bits per heavy atom. The van der Waals surface area contributed by atoms with Crippen LogP contribution in [-0.2, 0) is 0 Å². The summed E-state index contributed by atoms with van der Waals surface area (Å²) in [6, 6.07) is 2.41. The van der Waals surface area contributed by atoms with Gasteiger partial charge >= 0.3 is 0 Å². The van der Waals surface area contributed by atoms with E-state index in [1.165, 1.54) is 70.8 Å². The van der Waals surface area contributed by atoms with E-state index in [0.29, 0.717) is 0 Å². The number of hydrogen-bond acceptors (Lipinski definition) is 3. The first-order chi connectivity index (χ1) is 9.86. The Kier molecular flexibility index (Phi) is 5.70. The van der Waals surface area contributed by atoms with Crippen LogP contribution in [0.15, 0.2) is 0 Å². The van der Waals surface area contributed by atoms with Gasteiger partial charge < -0.3 is 10.6 Å². The van der Waals surface area contributed by atoms with Gasteiger partial charge in [0.05, 0.1) is 0 Å². The van der Waals surface area contributed by atoms with Gasteiger partial charge in [0.25, 0.3) is 0 Å². The summed E-state index contributed by atoms with van der Waals surface area (Å²) in [5.41, 5.74) is 0. The van der Waals surface area contributed by atoms with Crippen LogP contribution in [-0.4, -0.2) is 36.2 Å². The highest BCUT2D eigenvalue weighted by molar-refractivity contribution is 7.99. The molecule has 3 fully saturated rings. The lowest BCUT2D eigenvalue weighted by molar-refractivity contribution is 0.189. The first kappa shape index (κ1) is 15.2. The SMILES string of the molecule is CSC1CCCC(NC2CCCCC2C2CCCN2)C1. The molecule has 1 heterocycles. The zero-order valence-corrected chi connectivity index (χ0v) is 13.9. The average Bonchev–Trinajstić information content (AvgIpc) is 3.02. The van der Waals surface area contributed by atoms with Crippen LogP contribution < -0.4 is 10.6 Å². The largest absolute Gasteiger partial charge is 0.314 e. The lowest BCUT2D eigenvalue weighted by Gasteiger charge is -2.40. The van der Waals surface area contributed by atoms with Crippen LogP contribution in [0.2, 0.25) is 0 Å². The smallest absolute Gasteiger partial charge is 0.0113 e. The molecule has 2 nitrogen and oxygen atoms in total. The van der Waals surface area contributed by atoms with Gasteiger partial charge in [0.15, 0.2) is 0 Å². The summed E-state index contributed by atoms with van der Waals surface area (Å²) < 4.78 is 0. The predicted molar refractivity (Wildman–Crippen MR) is 89.5 cm³/mol. The molecule has 0 amide bonds. The van der Waals surface area contributed by atoms with Gasteiger partial charge in [0, 0.05) is 23.4 Å². The third-order valence-electron chi connectivity index (χ3n) is 5.84. The number of nitrogens with one attached hydrogen (secondary N) is 2. The van der Waals surface area contributed by atoms with E-state index < -0.39 is 0 Å². The fraction of sp³-hybridized carbons (Fsp3) is 1.00. The van der Waals surface area contributed by atoms with Crippen LogP contribution in [0, 0.1) is 5.92 Å². The number of thioether (sulfide) groups is 1. The van der Waals surface area contributed by atoms with Gasteiger partial charge in [-0.15, -0.1) is 0 Å². The van der Waals surface area contributed by atoms with E-state index >= 15 is 0 Å². The molecular weight excluding hydrogens is 264 g/mol. The molecule has 0 spiro atoms. The molecule has 0 radical (unpaired) electrons. The van der Waals surface area contributed by atoms with Crippen molar-refractivity contribution >= 4 is 11.8 Å². The molecule has 3 aliphatic rings. The second-order valence-electron chi connectivity index (χ2n) is 7.15. The Morgan fingerprint density at radius 2 is 1.85 bits per heavy atom. The van der Waals surface area contributed by atoms with E-state index in [1.54, 1.807) is 0 Å². The molecule has 1 aliphatic heterocycles. The summed E-state index contributed by atoms with van der Waals surface area (Å²) >= 11 is 2.09. The Morgan fingerprint density at radius 1 is 0.950 bits per heavy atom. The molecule has 2 N–H and O–H groups in total. The van der Waals surface area contributed by atoms with E-state index in [-0.39, 0.29) is 0 Å². The van der Waals surface area contributed by atoms with Gasteiger partial charge in [-0.2, -0.15) is 11.8 Å². The molecule has 0 aromatic heterocycles. The lowest BCUT2D eigenvalue weighted by Crippen LogP contribution is -2.51. The van der Waals surface area contributed by atoms with Gasteiger partial charge in [-0.25, -0.2) is 0 Å². The van der Waals surface area contributed by atoms with Gasteiger partial charge in [-0.1, -0.05) is 19.3 Å². The molecule has 0 aromatic carbocycles. The number of rotatable bonds is 4. The minimum Gasteiger partial charge on any atom is -0.314 e. The van der Waals surface area contributed by atoms with E-state index in [1.807, 2.05) is 0 Å². The van der Waals surface area contributed by atoms with Crippen LogP contribution in [0.25, 0.3) is 0 Å². The maximum Gasteiger partial charge on any atom is 0.0113 e. The van der Waals surface area contributed by atoms with Crippen LogP contribution >= 0.6 is 11.8 Å². The summed E-state index contributed by atoms with van der Waals surface area (Å²) in [5.74, 6) is 0.904. The van der Waals surface area contributed by atoms with E-state index in [2.05, 4.69) is 28.7 Å². The minimum atomic E-state index is 0.796. The Bertz CT molecular complexity index is 291. The number of hydrogen-bond donors (Lipinski definition) is 2. The van der Waals surface area contributed by atoms with Crippen molar-refractivity contribution in [2.45, 2.75) is 87.6 Å². The van der Waals surface area contributed by atoms with Crippen LogP contribution in [0.4, 0.5) is 0 Å². The van der Waals surface area contributed by atoms with Crippen molar-refractivity contribution < 1.29 is 0 Å². The fourth-order valence-electron chi connectivity index (χ4n) is 4.74. The van der Waals surface area contributed by atoms with Crippen LogP contribution in [0.5, 0.6) is 0 Å². The van der Waals surface area contributed by atoms with Crippen LogP contribution in [0.1, 0.15) is 64.2 Å². The molecule has 2 saturated carbocycles. The first-order valence-corrected chi connectivity index (χ1v) is 10.2. The third kappa shape index (κ3) is 3.72. The highest BCUT2D eigenvalue weighted by atomic mass is 32.2. The van der Waals surface area contributed by atoms with E-state index in [9.17, 15) is 0 Å². The summed E-state index contributed by atoms with van der Waals surface area (Å²) in [6.45, 7) is 1.26. The lowest BCUT2D eigenvalue weighted by atomic mass is 9.78. The van der Waals surface area contributed by atoms with Crippen molar-refractivity contribution in [3.05, 3.63) is 0 Å². The highest BCUT2D eigenvalue weighted by Gasteiger charge is 2.34. The minimum absolute atomic E-state index is 0.796. The second-order valence-corrected chi connectivity index (χ2v) is 8.28. The van der Waals surface area contributed by atoms with Gasteiger partial charge in [-0.3, -0.25) is 0 Å². The third-order valence-corrected chi connectivity index (χ3v) is 6.94. The van der Waals surface area contributed by atoms with Crippen molar-refractivity contribution in [3.8, 4) is 0 Å². The highest BCUT2D eigenvalue weighted by Crippen LogP contribution is 2.33. The average molecular weight is 297 g/mol.